The van der Waals surface area contributed by atoms with Crippen molar-refractivity contribution in [3.05, 3.63) is 34.9 Å². The van der Waals surface area contributed by atoms with E-state index in [0.29, 0.717) is 24.0 Å². The van der Waals surface area contributed by atoms with E-state index in [9.17, 15) is 9.90 Å². The van der Waals surface area contributed by atoms with Gasteiger partial charge in [0.1, 0.15) is 0 Å². The van der Waals surface area contributed by atoms with Gasteiger partial charge < -0.3 is 10.2 Å². The van der Waals surface area contributed by atoms with Gasteiger partial charge in [-0.15, -0.1) is 11.6 Å². The molecule has 0 fully saturated rings. The van der Waals surface area contributed by atoms with Gasteiger partial charge in [-0.05, 0) is 23.1 Å². The molecular formula is C12H12ClNO3. The van der Waals surface area contributed by atoms with Gasteiger partial charge >= 0.3 is 5.97 Å². The molecule has 0 heterocycles. The van der Waals surface area contributed by atoms with E-state index in [1.165, 1.54) is 6.07 Å². The van der Waals surface area contributed by atoms with Gasteiger partial charge in [0.05, 0.1) is 6.07 Å². The quantitative estimate of drug-likeness (QED) is 0.787. The van der Waals surface area contributed by atoms with Crippen molar-refractivity contribution in [1.29, 1.82) is 5.26 Å². The fraction of sp³-hybridized carbons (Fsp3) is 0.333. The normalized spacial score (nSPS) is 11.8. The number of hydrogen-bond acceptors (Lipinski definition) is 3. The summed E-state index contributed by atoms with van der Waals surface area (Å²) in [6, 6.07) is 6.99. The fourth-order valence-electron chi connectivity index (χ4n) is 1.63. The second-order valence-electron chi connectivity index (χ2n) is 3.52. The molecule has 1 unspecified atom stereocenters. The molecule has 0 bridgehead atoms. The van der Waals surface area contributed by atoms with Crippen molar-refractivity contribution in [2.24, 2.45) is 0 Å². The molecule has 0 spiro atoms. The minimum Gasteiger partial charge on any atom is -0.479 e. The second-order valence-corrected chi connectivity index (χ2v) is 3.78. The summed E-state index contributed by atoms with van der Waals surface area (Å²) in [5, 5.41) is 26.8. The van der Waals surface area contributed by atoms with Crippen molar-refractivity contribution in [1.82, 2.24) is 0 Å². The molecule has 1 atom stereocenters. The number of hydrogen-bond donors (Lipinski definition) is 2. The zero-order valence-corrected chi connectivity index (χ0v) is 9.81. The number of aliphatic carboxylic acids is 1. The SMILES string of the molecule is N#CCCc1cccc(C(O)C(=O)O)c1CCl. The van der Waals surface area contributed by atoms with Gasteiger partial charge in [0.25, 0.3) is 0 Å². The van der Waals surface area contributed by atoms with Gasteiger partial charge in [-0.1, -0.05) is 18.2 Å². The highest BCUT2D eigenvalue weighted by Crippen LogP contribution is 2.24. The van der Waals surface area contributed by atoms with E-state index in [1.54, 1.807) is 12.1 Å². The Hall–Kier alpha value is -1.57. The summed E-state index contributed by atoms with van der Waals surface area (Å²) >= 11 is 5.78. The maximum Gasteiger partial charge on any atom is 0.337 e. The Balaban J connectivity index is 3.14. The highest BCUT2D eigenvalue weighted by atomic mass is 35.5. The molecule has 1 rings (SSSR count). The minimum atomic E-state index is -1.58. The van der Waals surface area contributed by atoms with Crippen LogP contribution in [0.5, 0.6) is 0 Å². The lowest BCUT2D eigenvalue weighted by molar-refractivity contribution is -0.147. The third kappa shape index (κ3) is 3.19. The topological polar surface area (TPSA) is 81.3 Å². The van der Waals surface area contributed by atoms with E-state index in [-0.39, 0.29) is 5.88 Å². The Morgan fingerprint density at radius 1 is 1.53 bits per heavy atom. The number of carboxylic acids is 1. The van der Waals surface area contributed by atoms with Crippen LogP contribution in [0.4, 0.5) is 0 Å². The Morgan fingerprint density at radius 2 is 2.24 bits per heavy atom. The maximum absolute atomic E-state index is 10.7. The number of aliphatic hydroxyl groups is 1. The van der Waals surface area contributed by atoms with Crippen LogP contribution in [0.15, 0.2) is 18.2 Å². The smallest absolute Gasteiger partial charge is 0.337 e. The van der Waals surface area contributed by atoms with Crippen LogP contribution in [0.2, 0.25) is 0 Å². The number of halogens is 1. The number of carbonyl (C=O) groups is 1. The predicted octanol–water partition coefficient (Wildman–Crippen LogP) is 2.00. The zero-order chi connectivity index (χ0) is 12.8. The molecular weight excluding hydrogens is 242 g/mol. The number of benzene rings is 1. The number of alkyl halides is 1. The number of carboxylic acid groups (broad SMARTS) is 1. The van der Waals surface area contributed by atoms with Crippen LogP contribution < -0.4 is 0 Å². The predicted molar refractivity (Wildman–Crippen MR) is 62.5 cm³/mol. The molecule has 2 N–H and O–H groups in total. The van der Waals surface area contributed by atoms with Crippen LogP contribution in [-0.4, -0.2) is 16.2 Å². The van der Waals surface area contributed by atoms with Crippen molar-refractivity contribution in [2.75, 3.05) is 0 Å². The van der Waals surface area contributed by atoms with Crippen LogP contribution in [-0.2, 0) is 17.1 Å². The number of aryl methyl sites for hydroxylation is 1. The zero-order valence-electron chi connectivity index (χ0n) is 9.06. The summed E-state index contributed by atoms with van der Waals surface area (Å²) in [7, 11) is 0. The summed E-state index contributed by atoms with van der Waals surface area (Å²) in [5.74, 6) is -1.20. The molecule has 0 aromatic heterocycles. The van der Waals surface area contributed by atoms with E-state index < -0.39 is 12.1 Å². The molecule has 0 amide bonds. The van der Waals surface area contributed by atoms with Gasteiger partial charge in [-0.3, -0.25) is 0 Å². The first-order chi connectivity index (χ1) is 8.11. The maximum atomic E-state index is 10.7. The summed E-state index contributed by atoms with van der Waals surface area (Å²) in [5.41, 5.74) is 1.70. The Morgan fingerprint density at radius 3 is 2.76 bits per heavy atom. The summed E-state index contributed by atoms with van der Waals surface area (Å²) in [6.45, 7) is 0. The molecule has 17 heavy (non-hydrogen) atoms. The fourth-order valence-corrected chi connectivity index (χ4v) is 1.96. The van der Waals surface area contributed by atoms with E-state index >= 15 is 0 Å². The largest absolute Gasteiger partial charge is 0.479 e. The monoisotopic (exact) mass is 253 g/mol. The molecule has 0 aliphatic heterocycles. The Kier molecular flexibility index (Phi) is 4.95. The summed E-state index contributed by atoms with van der Waals surface area (Å²) < 4.78 is 0. The molecule has 4 nitrogen and oxygen atoms in total. The van der Waals surface area contributed by atoms with Crippen LogP contribution in [0.3, 0.4) is 0 Å². The van der Waals surface area contributed by atoms with Crippen LogP contribution in [0.1, 0.15) is 29.2 Å². The Bertz CT molecular complexity index is 454. The first-order valence-corrected chi connectivity index (χ1v) is 5.59. The molecule has 0 radical (unpaired) electrons. The van der Waals surface area contributed by atoms with Crippen molar-refractivity contribution >= 4 is 17.6 Å². The average Bonchev–Trinajstić information content (AvgIpc) is 2.34. The third-order valence-corrected chi connectivity index (χ3v) is 2.74. The van der Waals surface area contributed by atoms with Gasteiger partial charge in [-0.25, -0.2) is 4.79 Å². The van der Waals surface area contributed by atoms with E-state index in [4.69, 9.17) is 22.0 Å². The van der Waals surface area contributed by atoms with Gasteiger partial charge in [0.2, 0.25) is 0 Å². The van der Waals surface area contributed by atoms with Crippen molar-refractivity contribution < 1.29 is 15.0 Å². The standard InChI is InChI=1S/C12H12ClNO3/c13-7-10-8(4-2-6-14)3-1-5-9(10)11(15)12(16)17/h1,3,5,11,15H,2,4,7H2,(H,16,17). The van der Waals surface area contributed by atoms with E-state index in [2.05, 4.69) is 0 Å². The van der Waals surface area contributed by atoms with Gasteiger partial charge in [0.15, 0.2) is 6.10 Å². The van der Waals surface area contributed by atoms with Crippen molar-refractivity contribution in [3.63, 3.8) is 0 Å². The average molecular weight is 254 g/mol. The molecule has 0 aliphatic carbocycles. The third-order valence-electron chi connectivity index (χ3n) is 2.48. The molecule has 0 saturated heterocycles. The second kappa shape index (κ2) is 6.24. The molecule has 0 aliphatic rings. The Labute approximate surface area is 104 Å². The lowest BCUT2D eigenvalue weighted by Crippen LogP contribution is -2.13. The molecule has 1 aromatic carbocycles. The number of nitrogens with zero attached hydrogens (tertiary/aromatic N) is 1. The number of rotatable bonds is 5. The first kappa shape index (κ1) is 13.5. The molecule has 1 aromatic rings. The number of aliphatic hydroxyl groups excluding tert-OH is 1. The van der Waals surface area contributed by atoms with Crippen LogP contribution in [0.25, 0.3) is 0 Å². The molecule has 5 heteroatoms. The summed E-state index contributed by atoms with van der Waals surface area (Å²) in [6.07, 6.45) is -0.749. The van der Waals surface area contributed by atoms with Crippen molar-refractivity contribution in [3.8, 4) is 6.07 Å². The highest BCUT2D eigenvalue weighted by molar-refractivity contribution is 6.17. The van der Waals surface area contributed by atoms with Gasteiger partial charge in [0, 0.05) is 12.3 Å². The van der Waals surface area contributed by atoms with Crippen LogP contribution >= 0.6 is 11.6 Å². The van der Waals surface area contributed by atoms with Crippen molar-refractivity contribution in [2.45, 2.75) is 24.8 Å². The van der Waals surface area contributed by atoms with E-state index in [0.717, 1.165) is 5.56 Å². The molecule has 0 saturated carbocycles. The minimum absolute atomic E-state index is 0.112. The number of nitriles is 1. The molecule has 90 valence electrons. The summed E-state index contributed by atoms with van der Waals surface area (Å²) in [4.78, 5) is 10.7. The lowest BCUT2D eigenvalue weighted by Gasteiger charge is -2.14. The van der Waals surface area contributed by atoms with E-state index in [1.807, 2.05) is 6.07 Å². The lowest BCUT2D eigenvalue weighted by atomic mass is 9.96. The van der Waals surface area contributed by atoms with Gasteiger partial charge in [-0.2, -0.15) is 5.26 Å². The highest BCUT2D eigenvalue weighted by Gasteiger charge is 2.20. The van der Waals surface area contributed by atoms with Crippen LogP contribution in [0, 0.1) is 11.3 Å². The first-order valence-electron chi connectivity index (χ1n) is 5.06.